The summed E-state index contributed by atoms with van der Waals surface area (Å²) in [6, 6.07) is 8.50. The molecule has 0 aliphatic rings. The predicted octanol–water partition coefficient (Wildman–Crippen LogP) is 3.53. The maximum absolute atomic E-state index is 11.9. The zero-order chi connectivity index (χ0) is 16.2. The minimum atomic E-state index is 0.0283. The van der Waals surface area contributed by atoms with Gasteiger partial charge in [-0.25, -0.2) is 4.98 Å². The molecule has 2 rings (SSSR count). The molecule has 0 saturated carbocycles. The van der Waals surface area contributed by atoms with Crippen LogP contribution in [0.5, 0.6) is 0 Å². The summed E-state index contributed by atoms with van der Waals surface area (Å²) in [7, 11) is 0. The summed E-state index contributed by atoms with van der Waals surface area (Å²) in [5.74, 6) is 0.642. The first-order chi connectivity index (χ1) is 10.3. The molecule has 1 aromatic carbocycles. The van der Waals surface area contributed by atoms with E-state index in [1.54, 1.807) is 13.2 Å². The first-order valence-electron chi connectivity index (χ1n) is 7.62. The fraction of sp³-hybridized carbons (Fsp3) is 0.444. The van der Waals surface area contributed by atoms with Crippen LogP contribution in [0.1, 0.15) is 49.9 Å². The summed E-state index contributed by atoms with van der Waals surface area (Å²) >= 11 is 0. The third-order valence-electron chi connectivity index (χ3n) is 3.59. The van der Waals surface area contributed by atoms with Gasteiger partial charge >= 0.3 is 0 Å². The summed E-state index contributed by atoms with van der Waals surface area (Å²) in [6.45, 7) is 8.79. The molecule has 22 heavy (non-hydrogen) atoms. The zero-order valence-electron chi connectivity index (χ0n) is 13.8. The Balaban J connectivity index is 1.78. The number of benzene rings is 1. The van der Waals surface area contributed by atoms with Gasteiger partial charge in [0.25, 0.3) is 0 Å². The number of hydrogen-bond acceptors (Lipinski definition) is 3. The Morgan fingerprint density at radius 1 is 1.23 bits per heavy atom. The van der Waals surface area contributed by atoms with Crippen molar-refractivity contribution in [2.75, 3.05) is 0 Å². The van der Waals surface area contributed by atoms with Crippen molar-refractivity contribution < 1.29 is 9.21 Å². The van der Waals surface area contributed by atoms with Gasteiger partial charge in [0.1, 0.15) is 6.26 Å². The second-order valence-corrected chi connectivity index (χ2v) is 6.58. The van der Waals surface area contributed by atoms with Crippen LogP contribution >= 0.6 is 0 Å². The molecule has 0 saturated heterocycles. The molecule has 4 heteroatoms. The monoisotopic (exact) mass is 300 g/mol. The van der Waals surface area contributed by atoms with E-state index in [9.17, 15) is 4.79 Å². The molecule has 118 valence electrons. The summed E-state index contributed by atoms with van der Waals surface area (Å²) < 4.78 is 5.10. The number of oxazole rings is 1. The Morgan fingerprint density at radius 3 is 2.45 bits per heavy atom. The lowest BCUT2D eigenvalue weighted by Gasteiger charge is -2.19. The van der Waals surface area contributed by atoms with Crippen molar-refractivity contribution in [3.8, 4) is 0 Å². The Bertz CT molecular complexity index is 621. The van der Waals surface area contributed by atoms with Gasteiger partial charge < -0.3 is 9.73 Å². The van der Waals surface area contributed by atoms with Crippen molar-refractivity contribution >= 4 is 5.91 Å². The highest BCUT2D eigenvalue weighted by molar-refractivity contribution is 5.76. The van der Waals surface area contributed by atoms with Crippen molar-refractivity contribution in [3.05, 3.63) is 53.2 Å². The number of carbonyl (C=O) groups excluding carboxylic acids is 1. The van der Waals surface area contributed by atoms with Gasteiger partial charge in [-0.3, -0.25) is 4.79 Å². The fourth-order valence-electron chi connectivity index (χ4n) is 2.20. The number of nitrogens with zero attached hydrogens (tertiary/aromatic N) is 1. The number of aryl methyl sites for hydroxylation is 2. The second kappa shape index (κ2) is 6.77. The standard InChI is InChI=1S/C18H24N2O2/c1-13-20-16(12-22-13)11-19-17(21)10-7-14-5-8-15(9-6-14)18(2,3)4/h5-6,8-9,12H,7,10-11H2,1-4H3,(H,19,21). The third kappa shape index (κ3) is 4.72. The number of nitrogens with one attached hydrogen (secondary N) is 1. The van der Waals surface area contributed by atoms with Crippen LogP contribution in [0.25, 0.3) is 0 Å². The molecule has 4 nitrogen and oxygen atoms in total. The van der Waals surface area contributed by atoms with E-state index in [-0.39, 0.29) is 11.3 Å². The van der Waals surface area contributed by atoms with Gasteiger partial charge in [0.15, 0.2) is 5.89 Å². The molecule has 1 aromatic heterocycles. The van der Waals surface area contributed by atoms with E-state index in [0.717, 1.165) is 12.1 Å². The molecule has 2 aromatic rings. The molecular weight excluding hydrogens is 276 g/mol. The van der Waals surface area contributed by atoms with Gasteiger partial charge in [0.05, 0.1) is 12.2 Å². The lowest BCUT2D eigenvalue weighted by Crippen LogP contribution is -2.23. The van der Waals surface area contributed by atoms with Crippen LogP contribution in [0.4, 0.5) is 0 Å². The highest BCUT2D eigenvalue weighted by Crippen LogP contribution is 2.22. The van der Waals surface area contributed by atoms with Crippen LogP contribution in [-0.4, -0.2) is 10.9 Å². The van der Waals surface area contributed by atoms with Crippen LogP contribution in [-0.2, 0) is 23.2 Å². The zero-order valence-corrected chi connectivity index (χ0v) is 13.8. The highest BCUT2D eigenvalue weighted by atomic mass is 16.3. The van der Waals surface area contributed by atoms with Crippen molar-refractivity contribution in [1.82, 2.24) is 10.3 Å². The average Bonchev–Trinajstić information content (AvgIpc) is 2.88. The smallest absolute Gasteiger partial charge is 0.220 e. The molecule has 0 unspecified atom stereocenters. The minimum Gasteiger partial charge on any atom is -0.449 e. The fourth-order valence-corrected chi connectivity index (χ4v) is 2.20. The molecule has 0 spiro atoms. The molecule has 0 fully saturated rings. The van der Waals surface area contributed by atoms with Crippen LogP contribution in [0.15, 0.2) is 34.9 Å². The summed E-state index contributed by atoms with van der Waals surface area (Å²) in [5, 5.41) is 2.86. The quantitative estimate of drug-likeness (QED) is 0.919. The van der Waals surface area contributed by atoms with E-state index in [2.05, 4.69) is 55.3 Å². The lowest BCUT2D eigenvalue weighted by atomic mass is 9.86. The van der Waals surface area contributed by atoms with E-state index in [4.69, 9.17) is 4.42 Å². The topological polar surface area (TPSA) is 55.1 Å². The number of aromatic nitrogens is 1. The van der Waals surface area contributed by atoms with E-state index in [1.807, 2.05) is 0 Å². The van der Waals surface area contributed by atoms with E-state index in [1.165, 1.54) is 11.1 Å². The van der Waals surface area contributed by atoms with Crippen molar-refractivity contribution in [2.24, 2.45) is 0 Å². The minimum absolute atomic E-state index is 0.0283. The number of carbonyl (C=O) groups is 1. The molecule has 1 amide bonds. The van der Waals surface area contributed by atoms with Crippen molar-refractivity contribution in [3.63, 3.8) is 0 Å². The van der Waals surface area contributed by atoms with Gasteiger partial charge in [-0.2, -0.15) is 0 Å². The van der Waals surface area contributed by atoms with Crippen molar-refractivity contribution in [1.29, 1.82) is 0 Å². The Kier molecular flexibility index (Phi) is 5.01. The molecule has 0 radical (unpaired) electrons. The van der Waals surface area contributed by atoms with Gasteiger partial charge in [0.2, 0.25) is 5.91 Å². The van der Waals surface area contributed by atoms with Gasteiger partial charge in [-0.05, 0) is 23.0 Å². The maximum atomic E-state index is 11.9. The Hall–Kier alpha value is -2.10. The van der Waals surface area contributed by atoms with Gasteiger partial charge in [-0.15, -0.1) is 0 Å². The molecule has 0 aliphatic carbocycles. The maximum Gasteiger partial charge on any atom is 0.220 e. The Morgan fingerprint density at radius 2 is 1.91 bits per heavy atom. The second-order valence-electron chi connectivity index (χ2n) is 6.58. The number of hydrogen-bond donors (Lipinski definition) is 1. The SMILES string of the molecule is Cc1nc(CNC(=O)CCc2ccc(C(C)(C)C)cc2)co1. The van der Waals surface area contributed by atoms with Crippen LogP contribution < -0.4 is 5.32 Å². The normalized spacial score (nSPS) is 11.5. The number of rotatable bonds is 5. The first-order valence-corrected chi connectivity index (χ1v) is 7.62. The predicted molar refractivity (Wildman–Crippen MR) is 86.5 cm³/mol. The van der Waals surface area contributed by atoms with Gasteiger partial charge in [0, 0.05) is 13.3 Å². The Labute approximate surface area is 131 Å². The van der Waals surface area contributed by atoms with Crippen LogP contribution in [0.2, 0.25) is 0 Å². The summed E-state index contributed by atoms with van der Waals surface area (Å²) in [5.41, 5.74) is 3.40. The van der Waals surface area contributed by atoms with E-state index < -0.39 is 0 Å². The van der Waals surface area contributed by atoms with E-state index in [0.29, 0.717) is 18.9 Å². The molecule has 1 N–H and O–H groups in total. The molecule has 0 atom stereocenters. The largest absolute Gasteiger partial charge is 0.449 e. The summed E-state index contributed by atoms with van der Waals surface area (Å²) in [4.78, 5) is 16.0. The third-order valence-corrected chi connectivity index (χ3v) is 3.59. The van der Waals surface area contributed by atoms with Gasteiger partial charge in [-0.1, -0.05) is 45.0 Å². The van der Waals surface area contributed by atoms with Crippen LogP contribution in [0.3, 0.4) is 0 Å². The molecule has 0 aliphatic heterocycles. The molecule has 0 bridgehead atoms. The lowest BCUT2D eigenvalue weighted by molar-refractivity contribution is -0.121. The first kappa shape index (κ1) is 16.3. The van der Waals surface area contributed by atoms with Crippen LogP contribution in [0, 0.1) is 6.92 Å². The number of amides is 1. The van der Waals surface area contributed by atoms with Crippen molar-refractivity contribution in [2.45, 2.75) is 52.5 Å². The highest BCUT2D eigenvalue weighted by Gasteiger charge is 2.13. The molecule has 1 heterocycles. The average molecular weight is 300 g/mol. The van der Waals surface area contributed by atoms with E-state index >= 15 is 0 Å². The molecular formula is C18H24N2O2. The summed E-state index contributed by atoms with van der Waals surface area (Å²) in [6.07, 6.45) is 2.79.